The highest BCUT2D eigenvalue weighted by Gasteiger charge is 2.33. The molecule has 0 aromatic heterocycles. The number of nitrogens with zero attached hydrogens (tertiary/aromatic N) is 1. The van der Waals surface area contributed by atoms with Crippen molar-refractivity contribution in [2.75, 3.05) is 12.3 Å². The highest BCUT2D eigenvalue weighted by atomic mass is 32.2. The minimum atomic E-state index is -0.964. The number of nitrogens with two attached hydrogens (primary N) is 1. The molecular weight excluding hydrogens is 238 g/mol. The Balaban J connectivity index is 2.43. The van der Waals surface area contributed by atoms with E-state index in [0.29, 0.717) is 11.8 Å². The smallest absolute Gasteiger partial charge is 0.233 e. The Morgan fingerprint density at radius 2 is 2.29 bits per heavy atom. The van der Waals surface area contributed by atoms with E-state index < -0.39 is 5.41 Å². The Bertz CT molecular complexity index is 299. The molecule has 1 saturated heterocycles. The molecule has 0 bridgehead atoms. The van der Waals surface area contributed by atoms with E-state index in [0.717, 1.165) is 6.42 Å². The number of rotatable bonds is 4. The quantitative estimate of drug-likeness (QED) is 0.306. The molecule has 98 valence electrons. The number of hydrogen-bond donors (Lipinski definition) is 3. The van der Waals surface area contributed by atoms with Crippen LogP contribution in [-0.2, 0) is 4.79 Å². The third-order valence-corrected chi connectivity index (χ3v) is 4.48. The Kier molecular flexibility index (Phi) is 5.11. The summed E-state index contributed by atoms with van der Waals surface area (Å²) in [6.07, 6.45) is 3.65. The lowest BCUT2D eigenvalue weighted by Crippen LogP contribution is -2.47. The van der Waals surface area contributed by atoms with Crippen LogP contribution in [0.1, 0.15) is 33.1 Å². The van der Waals surface area contributed by atoms with Gasteiger partial charge in [0.1, 0.15) is 5.41 Å². The van der Waals surface area contributed by atoms with Crippen LogP contribution in [0, 0.1) is 5.41 Å². The zero-order chi connectivity index (χ0) is 12.9. The van der Waals surface area contributed by atoms with Crippen LogP contribution in [0.25, 0.3) is 0 Å². The van der Waals surface area contributed by atoms with Gasteiger partial charge < -0.3 is 16.3 Å². The molecule has 6 heteroatoms. The highest BCUT2D eigenvalue weighted by Crippen LogP contribution is 2.24. The molecule has 5 nitrogen and oxygen atoms in total. The number of nitrogens with one attached hydrogen (secondary N) is 1. The van der Waals surface area contributed by atoms with Gasteiger partial charge in [-0.3, -0.25) is 4.79 Å². The fraction of sp³-hybridized carbons (Fsp3) is 0.818. The van der Waals surface area contributed by atoms with E-state index in [2.05, 4.69) is 10.5 Å². The highest BCUT2D eigenvalue weighted by molar-refractivity contribution is 7.99. The van der Waals surface area contributed by atoms with Crippen molar-refractivity contribution in [3.05, 3.63) is 0 Å². The van der Waals surface area contributed by atoms with E-state index >= 15 is 0 Å². The molecular formula is C11H21N3O2S. The molecule has 1 atom stereocenters. The summed E-state index contributed by atoms with van der Waals surface area (Å²) in [5, 5.41) is 14.9. The second-order valence-corrected chi connectivity index (χ2v) is 6.22. The normalized spacial score (nSPS) is 22.2. The molecule has 1 rings (SSSR count). The van der Waals surface area contributed by atoms with Crippen LogP contribution in [0.4, 0.5) is 0 Å². The summed E-state index contributed by atoms with van der Waals surface area (Å²) in [5.41, 5.74) is 4.53. The third kappa shape index (κ3) is 3.80. The summed E-state index contributed by atoms with van der Waals surface area (Å²) in [6, 6.07) is 0. The van der Waals surface area contributed by atoms with Crippen LogP contribution in [0.15, 0.2) is 5.16 Å². The average Bonchev–Trinajstić information content (AvgIpc) is 2.35. The Labute approximate surface area is 106 Å². The van der Waals surface area contributed by atoms with E-state index in [1.807, 2.05) is 11.8 Å². The zero-order valence-electron chi connectivity index (χ0n) is 10.4. The van der Waals surface area contributed by atoms with Crippen molar-refractivity contribution in [2.45, 2.75) is 38.4 Å². The molecule has 1 aliphatic heterocycles. The van der Waals surface area contributed by atoms with Crippen LogP contribution in [0.3, 0.4) is 0 Å². The molecule has 0 spiro atoms. The van der Waals surface area contributed by atoms with Crippen LogP contribution in [0.2, 0.25) is 0 Å². The van der Waals surface area contributed by atoms with E-state index in [-0.39, 0.29) is 11.7 Å². The van der Waals surface area contributed by atoms with Gasteiger partial charge in [0.15, 0.2) is 5.84 Å². The molecule has 0 aliphatic carbocycles. The number of amidine groups is 1. The third-order valence-electron chi connectivity index (χ3n) is 3.08. The molecule has 0 aromatic carbocycles. The van der Waals surface area contributed by atoms with Gasteiger partial charge >= 0.3 is 0 Å². The number of thioether (sulfide) groups is 1. The summed E-state index contributed by atoms with van der Waals surface area (Å²) < 4.78 is 0. The summed E-state index contributed by atoms with van der Waals surface area (Å²) in [4.78, 5) is 11.9. The maximum atomic E-state index is 11.9. The minimum Gasteiger partial charge on any atom is -0.409 e. The second kappa shape index (κ2) is 6.14. The first kappa shape index (κ1) is 14.2. The number of carbonyl (C=O) groups excluding carboxylic acids is 1. The van der Waals surface area contributed by atoms with Crippen molar-refractivity contribution in [2.24, 2.45) is 16.3 Å². The van der Waals surface area contributed by atoms with Gasteiger partial charge in [-0.15, -0.1) is 0 Å². The van der Waals surface area contributed by atoms with Gasteiger partial charge in [-0.1, -0.05) is 11.6 Å². The predicted octanol–water partition coefficient (Wildman–Crippen LogP) is 1.16. The molecule has 0 saturated carbocycles. The van der Waals surface area contributed by atoms with Gasteiger partial charge in [0.05, 0.1) is 0 Å². The van der Waals surface area contributed by atoms with Gasteiger partial charge in [0.25, 0.3) is 0 Å². The first-order valence-corrected chi connectivity index (χ1v) is 6.91. The monoisotopic (exact) mass is 259 g/mol. The van der Waals surface area contributed by atoms with Crippen LogP contribution in [-0.4, -0.2) is 34.5 Å². The summed E-state index contributed by atoms with van der Waals surface area (Å²) >= 11 is 1.90. The lowest BCUT2D eigenvalue weighted by molar-refractivity contribution is -0.126. The standard InChI is InChI=1S/C11H21N3O2S/c1-11(2,9(12)14-16)10(15)13-7-8-5-3-4-6-17-8/h8,16H,3-7H2,1-2H3,(H2,12,14)(H,13,15). The molecule has 1 unspecified atom stereocenters. The summed E-state index contributed by atoms with van der Waals surface area (Å²) in [7, 11) is 0. The fourth-order valence-corrected chi connectivity index (χ4v) is 2.88. The van der Waals surface area contributed by atoms with Crippen molar-refractivity contribution in [3.63, 3.8) is 0 Å². The number of carbonyl (C=O) groups is 1. The lowest BCUT2D eigenvalue weighted by atomic mass is 9.91. The Morgan fingerprint density at radius 3 is 2.82 bits per heavy atom. The van der Waals surface area contributed by atoms with Gasteiger partial charge in [0, 0.05) is 11.8 Å². The van der Waals surface area contributed by atoms with Crippen molar-refractivity contribution < 1.29 is 10.0 Å². The zero-order valence-corrected chi connectivity index (χ0v) is 11.2. The molecule has 1 aliphatic rings. The number of oxime groups is 1. The molecule has 17 heavy (non-hydrogen) atoms. The van der Waals surface area contributed by atoms with Gasteiger partial charge in [-0.05, 0) is 32.4 Å². The van der Waals surface area contributed by atoms with Gasteiger partial charge in [-0.2, -0.15) is 11.8 Å². The van der Waals surface area contributed by atoms with Gasteiger partial charge in [0.2, 0.25) is 5.91 Å². The molecule has 0 radical (unpaired) electrons. The number of amides is 1. The largest absolute Gasteiger partial charge is 0.409 e. The van der Waals surface area contributed by atoms with Crippen molar-refractivity contribution in [3.8, 4) is 0 Å². The molecule has 0 aromatic rings. The molecule has 4 N–H and O–H groups in total. The fourth-order valence-electron chi connectivity index (χ4n) is 1.64. The van der Waals surface area contributed by atoms with Crippen molar-refractivity contribution in [1.82, 2.24) is 5.32 Å². The van der Waals surface area contributed by atoms with E-state index in [1.54, 1.807) is 13.8 Å². The molecule has 1 amide bonds. The predicted molar refractivity (Wildman–Crippen MR) is 70.3 cm³/mol. The molecule has 1 heterocycles. The van der Waals surface area contributed by atoms with Crippen molar-refractivity contribution >= 4 is 23.5 Å². The SMILES string of the molecule is CC(C)(C(=O)NCC1CCCCS1)C(N)=NO. The van der Waals surface area contributed by atoms with Crippen LogP contribution >= 0.6 is 11.8 Å². The first-order valence-electron chi connectivity index (χ1n) is 5.86. The van der Waals surface area contributed by atoms with E-state index in [1.165, 1.54) is 18.6 Å². The summed E-state index contributed by atoms with van der Waals surface area (Å²) in [6.45, 7) is 3.95. The van der Waals surface area contributed by atoms with E-state index in [9.17, 15) is 4.79 Å². The Morgan fingerprint density at radius 1 is 1.59 bits per heavy atom. The number of hydrogen-bond acceptors (Lipinski definition) is 4. The topological polar surface area (TPSA) is 87.7 Å². The Hall–Kier alpha value is -0.910. The van der Waals surface area contributed by atoms with Crippen LogP contribution in [0.5, 0.6) is 0 Å². The van der Waals surface area contributed by atoms with Gasteiger partial charge in [-0.25, -0.2) is 0 Å². The first-order chi connectivity index (χ1) is 7.98. The maximum absolute atomic E-state index is 11.9. The maximum Gasteiger partial charge on any atom is 0.233 e. The van der Waals surface area contributed by atoms with Crippen molar-refractivity contribution in [1.29, 1.82) is 0 Å². The average molecular weight is 259 g/mol. The van der Waals surface area contributed by atoms with E-state index in [4.69, 9.17) is 10.9 Å². The lowest BCUT2D eigenvalue weighted by Gasteiger charge is -2.25. The summed E-state index contributed by atoms with van der Waals surface area (Å²) in [5.74, 6) is 0.912. The minimum absolute atomic E-state index is 0.0636. The molecule has 1 fully saturated rings. The van der Waals surface area contributed by atoms with Crippen LogP contribution < -0.4 is 11.1 Å². The second-order valence-electron chi connectivity index (χ2n) is 4.81.